The van der Waals surface area contributed by atoms with E-state index in [-0.39, 0.29) is 11.8 Å². The largest absolute Gasteiger partial charge is 0.359 e. The molecule has 1 aliphatic rings. The molecule has 0 spiro atoms. The molecule has 0 saturated carbocycles. The summed E-state index contributed by atoms with van der Waals surface area (Å²) in [7, 11) is 1.68. The number of hydrogen-bond donors (Lipinski definition) is 1. The van der Waals surface area contributed by atoms with Gasteiger partial charge in [-0.25, -0.2) is 0 Å². The van der Waals surface area contributed by atoms with Crippen LogP contribution in [0.1, 0.15) is 17.5 Å². The van der Waals surface area contributed by atoms with Gasteiger partial charge in [0.05, 0.1) is 11.8 Å². The first-order valence-electron chi connectivity index (χ1n) is 10.3. The standard InChI is InChI=1S/C25H26N2O2S/c1-26-24(29)25(17-20-9-11-21(12-10-20)22-8-5-15-30-22)13-14-27(18-25)23(28)16-19-6-3-2-4-7-19/h2-12,15H,13-14,16-18H2,1H3,(H,26,29)/t25-/m0/s1. The van der Waals surface area contributed by atoms with Crippen LogP contribution in [-0.2, 0) is 22.4 Å². The molecule has 1 aromatic heterocycles. The first kappa shape index (κ1) is 20.4. The van der Waals surface area contributed by atoms with E-state index in [1.807, 2.05) is 41.3 Å². The number of rotatable bonds is 6. The fourth-order valence-corrected chi connectivity index (χ4v) is 5.00. The van der Waals surface area contributed by atoms with Gasteiger partial charge in [-0.1, -0.05) is 60.7 Å². The number of benzene rings is 2. The maximum absolute atomic E-state index is 12.9. The van der Waals surface area contributed by atoms with Crippen LogP contribution in [-0.4, -0.2) is 36.9 Å². The van der Waals surface area contributed by atoms with Crippen molar-refractivity contribution in [3.05, 3.63) is 83.2 Å². The zero-order valence-corrected chi connectivity index (χ0v) is 18.0. The second-order valence-corrected chi connectivity index (χ2v) is 8.89. The van der Waals surface area contributed by atoms with Gasteiger partial charge in [-0.3, -0.25) is 9.59 Å². The normalized spacial score (nSPS) is 18.4. The van der Waals surface area contributed by atoms with Crippen LogP contribution >= 0.6 is 11.3 Å². The van der Waals surface area contributed by atoms with Crippen LogP contribution in [0, 0.1) is 5.41 Å². The van der Waals surface area contributed by atoms with Gasteiger partial charge in [0.15, 0.2) is 0 Å². The number of likely N-dealkylation sites (tertiary alicyclic amines) is 1. The third kappa shape index (κ3) is 4.31. The van der Waals surface area contributed by atoms with Crippen LogP contribution in [0.5, 0.6) is 0 Å². The van der Waals surface area contributed by atoms with E-state index in [4.69, 9.17) is 0 Å². The van der Waals surface area contributed by atoms with Crippen LogP contribution in [0.25, 0.3) is 10.4 Å². The van der Waals surface area contributed by atoms with E-state index >= 15 is 0 Å². The van der Waals surface area contributed by atoms with Crippen LogP contribution in [0.15, 0.2) is 72.1 Å². The lowest BCUT2D eigenvalue weighted by Gasteiger charge is -2.28. The van der Waals surface area contributed by atoms with Crippen molar-refractivity contribution in [2.24, 2.45) is 5.41 Å². The maximum atomic E-state index is 12.9. The average molecular weight is 419 g/mol. The predicted octanol–water partition coefficient (Wildman–Crippen LogP) is 4.17. The molecule has 1 N–H and O–H groups in total. The molecule has 2 heterocycles. The number of amides is 2. The number of nitrogens with zero attached hydrogens (tertiary/aromatic N) is 1. The van der Waals surface area contributed by atoms with E-state index in [0.29, 0.717) is 32.4 Å². The number of carbonyl (C=O) groups excluding carboxylic acids is 2. The van der Waals surface area contributed by atoms with Gasteiger partial charge >= 0.3 is 0 Å². The van der Waals surface area contributed by atoms with Crippen molar-refractivity contribution in [3.63, 3.8) is 0 Å². The minimum Gasteiger partial charge on any atom is -0.359 e. The van der Waals surface area contributed by atoms with Crippen molar-refractivity contribution in [2.75, 3.05) is 20.1 Å². The molecule has 0 bridgehead atoms. The van der Waals surface area contributed by atoms with Gasteiger partial charge in [-0.05, 0) is 41.0 Å². The SMILES string of the molecule is CNC(=O)[C@]1(Cc2ccc(-c3cccs3)cc2)CCN(C(=O)Cc2ccccc2)C1. The number of hydrogen-bond acceptors (Lipinski definition) is 3. The van der Waals surface area contributed by atoms with Crippen molar-refractivity contribution >= 4 is 23.2 Å². The molecular formula is C25H26N2O2S. The predicted molar refractivity (Wildman–Crippen MR) is 121 cm³/mol. The molecule has 3 aromatic rings. The van der Waals surface area contributed by atoms with Gasteiger partial charge in [0.2, 0.25) is 11.8 Å². The molecule has 2 aromatic carbocycles. The van der Waals surface area contributed by atoms with Gasteiger partial charge in [0, 0.05) is 25.0 Å². The van der Waals surface area contributed by atoms with Crippen molar-refractivity contribution in [1.82, 2.24) is 10.2 Å². The Morgan fingerprint density at radius 2 is 1.77 bits per heavy atom. The summed E-state index contributed by atoms with van der Waals surface area (Å²) < 4.78 is 0. The molecule has 0 radical (unpaired) electrons. The quantitative estimate of drug-likeness (QED) is 0.653. The summed E-state index contributed by atoms with van der Waals surface area (Å²) in [6, 6.07) is 22.4. The first-order chi connectivity index (χ1) is 14.6. The second-order valence-electron chi connectivity index (χ2n) is 7.94. The molecule has 5 heteroatoms. The molecular weight excluding hydrogens is 392 g/mol. The summed E-state index contributed by atoms with van der Waals surface area (Å²) in [6.07, 6.45) is 1.69. The van der Waals surface area contributed by atoms with E-state index in [1.165, 1.54) is 10.4 Å². The summed E-state index contributed by atoms with van der Waals surface area (Å²) in [4.78, 5) is 28.8. The summed E-state index contributed by atoms with van der Waals surface area (Å²) in [6.45, 7) is 1.08. The smallest absolute Gasteiger partial charge is 0.228 e. The summed E-state index contributed by atoms with van der Waals surface area (Å²) in [5, 5.41) is 4.91. The highest BCUT2D eigenvalue weighted by Crippen LogP contribution is 2.36. The lowest BCUT2D eigenvalue weighted by atomic mass is 9.79. The molecule has 4 rings (SSSR count). The molecule has 1 saturated heterocycles. The monoisotopic (exact) mass is 418 g/mol. The van der Waals surface area contributed by atoms with E-state index in [9.17, 15) is 9.59 Å². The molecule has 1 atom stereocenters. The Kier molecular flexibility index (Phi) is 6.00. The van der Waals surface area contributed by atoms with Crippen molar-refractivity contribution < 1.29 is 9.59 Å². The summed E-state index contributed by atoms with van der Waals surface area (Å²) in [5.74, 6) is 0.0971. The minimum atomic E-state index is -0.578. The van der Waals surface area contributed by atoms with Crippen LogP contribution in [0.3, 0.4) is 0 Å². The molecule has 30 heavy (non-hydrogen) atoms. The van der Waals surface area contributed by atoms with E-state index in [2.05, 4.69) is 41.0 Å². The Morgan fingerprint density at radius 1 is 1.00 bits per heavy atom. The molecule has 0 aliphatic carbocycles. The fourth-order valence-electron chi connectivity index (χ4n) is 4.26. The van der Waals surface area contributed by atoms with E-state index in [1.54, 1.807) is 18.4 Å². The highest BCUT2D eigenvalue weighted by Gasteiger charge is 2.45. The van der Waals surface area contributed by atoms with Crippen molar-refractivity contribution in [3.8, 4) is 10.4 Å². The lowest BCUT2D eigenvalue weighted by molar-refractivity contribution is -0.132. The Hall–Kier alpha value is -2.92. The molecule has 0 unspecified atom stereocenters. The third-order valence-corrected chi connectivity index (χ3v) is 6.83. The third-order valence-electron chi connectivity index (χ3n) is 5.92. The van der Waals surface area contributed by atoms with Crippen molar-refractivity contribution in [1.29, 1.82) is 0 Å². The Morgan fingerprint density at radius 3 is 2.43 bits per heavy atom. The second kappa shape index (κ2) is 8.84. The van der Waals surface area contributed by atoms with Crippen molar-refractivity contribution in [2.45, 2.75) is 19.3 Å². The molecule has 1 fully saturated rings. The van der Waals surface area contributed by atoms with Gasteiger partial charge < -0.3 is 10.2 Å². The average Bonchev–Trinajstić information content (AvgIpc) is 3.46. The topological polar surface area (TPSA) is 49.4 Å². The molecule has 4 nitrogen and oxygen atoms in total. The number of carbonyl (C=O) groups is 2. The highest BCUT2D eigenvalue weighted by atomic mass is 32.1. The summed E-state index contributed by atoms with van der Waals surface area (Å²) in [5.41, 5.74) is 2.74. The van der Waals surface area contributed by atoms with E-state index in [0.717, 1.165) is 11.1 Å². The van der Waals surface area contributed by atoms with Gasteiger partial charge in [0.25, 0.3) is 0 Å². The Balaban J connectivity index is 1.48. The Bertz CT molecular complexity index is 999. The number of thiophene rings is 1. The maximum Gasteiger partial charge on any atom is 0.228 e. The summed E-state index contributed by atoms with van der Waals surface area (Å²) >= 11 is 1.72. The highest BCUT2D eigenvalue weighted by molar-refractivity contribution is 7.13. The first-order valence-corrected chi connectivity index (χ1v) is 11.1. The van der Waals surface area contributed by atoms with Gasteiger partial charge in [-0.15, -0.1) is 11.3 Å². The molecule has 2 amide bonds. The Labute approximate surface area is 181 Å². The zero-order valence-electron chi connectivity index (χ0n) is 17.1. The van der Waals surface area contributed by atoms with Crippen LogP contribution < -0.4 is 5.32 Å². The van der Waals surface area contributed by atoms with Crippen LogP contribution in [0.4, 0.5) is 0 Å². The number of nitrogens with one attached hydrogen (secondary N) is 1. The van der Waals surface area contributed by atoms with Gasteiger partial charge in [-0.2, -0.15) is 0 Å². The van der Waals surface area contributed by atoms with Crippen LogP contribution in [0.2, 0.25) is 0 Å². The minimum absolute atomic E-state index is 0.0137. The molecule has 1 aliphatic heterocycles. The lowest BCUT2D eigenvalue weighted by Crippen LogP contribution is -2.44. The fraction of sp³-hybridized carbons (Fsp3) is 0.280. The molecule has 154 valence electrons. The van der Waals surface area contributed by atoms with Gasteiger partial charge in [0.1, 0.15) is 0 Å². The zero-order chi connectivity index (χ0) is 21.0. The van der Waals surface area contributed by atoms with E-state index < -0.39 is 5.41 Å².